The highest BCUT2D eigenvalue weighted by Gasteiger charge is 2.38. The SMILES string of the molecule is CCNC(=O)Nc1nc2cc(-c3cnc(C(C)(C)O)nc3)cc(-c3ccc(CC(=O)O)cn3)c2s1.CCNC(=O)Nc1nc2cc(-c3cnc(C(C)(C)O)nc3)cc(-c3ccc(N4CCC(C)(C(=O)O)CC4)cn3)c2s1.CCNC(=O)Nc1nc2cc(-c3cnc(C4(O)CCCCC4)nc3)cc(-c3ccccn3)c2s1. The number of nitrogens with one attached hydrogen (secondary N) is 6. The molecule has 14 rings (SSSR count). The van der Waals surface area contributed by atoms with Gasteiger partial charge in [0, 0.05) is 116 Å². The third kappa shape index (κ3) is 18.6. The Morgan fingerprint density at radius 3 is 1.25 bits per heavy atom. The van der Waals surface area contributed by atoms with Gasteiger partial charge in [-0.2, -0.15) is 0 Å². The molecule has 0 bridgehead atoms. The van der Waals surface area contributed by atoms with Crippen LogP contribution in [-0.4, -0.2) is 148 Å². The van der Waals surface area contributed by atoms with Crippen LogP contribution < -0.4 is 36.8 Å². The molecule has 29 nitrogen and oxygen atoms in total. The monoisotopic (exact) mass is 1540 g/mol. The van der Waals surface area contributed by atoms with Crippen LogP contribution in [0.2, 0.25) is 0 Å². The largest absolute Gasteiger partial charge is 0.481 e. The molecule has 1 saturated carbocycles. The molecule has 1 aliphatic carbocycles. The minimum atomic E-state index is -1.16. The van der Waals surface area contributed by atoms with Crippen LogP contribution in [0.5, 0.6) is 0 Å². The summed E-state index contributed by atoms with van der Waals surface area (Å²) in [7, 11) is 0. The summed E-state index contributed by atoms with van der Waals surface area (Å²) in [6, 6.07) is 24.0. The van der Waals surface area contributed by atoms with E-state index in [9.17, 15) is 44.4 Å². The van der Waals surface area contributed by atoms with E-state index in [4.69, 9.17) is 10.1 Å². The molecule has 0 spiro atoms. The third-order valence-electron chi connectivity index (χ3n) is 18.5. The highest BCUT2D eigenvalue weighted by molar-refractivity contribution is 7.23. The van der Waals surface area contributed by atoms with Gasteiger partial charge in [0.1, 0.15) is 16.8 Å². The summed E-state index contributed by atoms with van der Waals surface area (Å²) in [6.07, 6.45) is 20.8. The quantitative estimate of drug-likeness (QED) is 0.0358. The number of pyridine rings is 3. The normalized spacial score (nSPS) is 14.0. The molecule has 12 aromatic rings. The zero-order chi connectivity index (χ0) is 78.1. The number of hydrogen-bond donors (Lipinski definition) is 11. The van der Waals surface area contributed by atoms with Crippen LogP contribution in [0.25, 0.3) is 97.8 Å². The highest BCUT2D eigenvalue weighted by Crippen LogP contribution is 2.43. The lowest BCUT2D eigenvalue weighted by Crippen LogP contribution is -2.42. The van der Waals surface area contributed by atoms with Crippen molar-refractivity contribution in [2.45, 2.75) is 124 Å². The fourth-order valence-corrected chi connectivity index (χ4v) is 15.4. The van der Waals surface area contributed by atoms with Crippen molar-refractivity contribution in [1.29, 1.82) is 0 Å². The van der Waals surface area contributed by atoms with Gasteiger partial charge in [-0.15, -0.1) is 0 Å². The maximum absolute atomic E-state index is 12.2. The Morgan fingerprint density at radius 2 is 0.891 bits per heavy atom. The van der Waals surface area contributed by atoms with Gasteiger partial charge < -0.3 is 46.4 Å². The van der Waals surface area contributed by atoms with Crippen molar-refractivity contribution in [3.63, 3.8) is 0 Å². The first kappa shape index (κ1) is 78.0. The molecule has 1 aliphatic heterocycles. The number of carboxylic acids is 2. The van der Waals surface area contributed by atoms with E-state index in [2.05, 4.69) is 91.6 Å². The number of aliphatic hydroxyl groups is 3. The van der Waals surface area contributed by atoms with Crippen molar-refractivity contribution < 1.29 is 49.5 Å². The van der Waals surface area contributed by atoms with E-state index >= 15 is 0 Å². The molecule has 0 atom stereocenters. The number of aliphatic carboxylic acids is 2. The molecule has 2 aliphatic rings. The van der Waals surface area contributed by atoms with Crippen LogP contribution in [0.3, 0.4) is 0 Å². The van der Waals surface area contributed by atoms with E-state index in [0.717, 1.165) is 106 Å². The number of carbonyl (C=O) groups excluding carboxylic acids is 3. The number of amides is 6. The number of rotatable bonds is 19. The molecule has 3 aromatic carbocycles. The number of thiazole rings is 3. The topological polar surface area (TPSA) is 417 Å². The van der Waals surface area contributed by atoms with Gasteiger partial charge in [0.2, 0.25) is 0 Å². The Morgan fingerprint density at radius 1 is 0.482 bits per heavy atom. The summed E-state index contributed by atoms with van der Waals surface area (Å²) < 4.78 is 2.61. The van der Waals surface area contributed by atoms with Crippen molar-refractivity contribution in [1.82, 2.24) is 75.8 Å². The Bertz CT molecular complexity index is 5290. The molecule has 10 heterocycles. The molecule has 11 N–H and O–H groups in total. The van der Waals surface area contributed by atoms with E-state index in [1.54, 1.807) is 90.1 Å². The van der Waals surface area contributed by atoms with Gasteiger partial charge in [0.25, 0.3) is 0 Å². The second kappa shape index (κ2) is 33.5. The smallest absolute Gasteiger partial charge is 0.321 e. The van der Waals surface area contributed by atoms with E-state index in [1.807, 2.05) is 93.7 Å². The number of fused-ring (bicyclic) bond motifs is 3. The second-order valence-electron chi connectivity index (χ2n) is 27.8. The number of hydrogen-bond acceptors (Lipinski definition) is 24. The fraction of sp³-hybridized carbons (Fsp3) is 0.321. The number of piperidine rings is 1. The molecule has 2 fully saturated rings. The molecule has 0 unspecified atom stereocenters. The van der Waals surface area contributed by atoms with Gasteiger partial charge in [0.05, 0.1) is 71.5 Å². The first-order valence-electron chi connectivity index (χ1n) is 35.8. The minimum Gasteiger partial charge on any atom is -0.481 e. The molecular weight excluding hydrogens is 1460 g/mol. The van der Waals surface area contributed by atoms with Gasteiger partial charge >= 0.3 is 30.0 Å². The van der Waals surface area contributed by atoms with E-state index in [1.165, 1.54) is 40.2 Å². The Labute approximate surface area is 644 Å². The molecule has 32 heteroatoms. The number of aromatic nitrogens is 12. The molecule has 9 aromatic heterocycles. The van der Waals surface area contributed by atoms with Gasteiger partial charge in [0.15, 0.2) is 32.9 Å². The highest BCUT2D eigenvalue weighted by atomic mass is 32.1. The van der Waals surface area contributed by atoms with Crippen molar-refractivity contribution in [3.05, 3.63) is 158 Å². The number of carbonyl (C=O) groups is 5. The first-order valence-corrected chi connectivity index (χ1v) is 38.3. The lowest BCUT2D eigenvalue weighted by Gasteiger charge is -2.37. The summed E-state index contributed by atoms with van der Waals surface area (Å²) in [5.41, 5.74) is 9.17. The molecule has 0 radical (unpaired) electrons. The number of urea groups is 3. The van der Waals surface area contributed by atoms with Crippen LogP contribution in [0, 0.1) is 5.41 Å². The standard InChI is InChI=1S/C29H33N7O4S.C25H26N6O2S.C24H24N6O4S/c1-5-30-26(39)35-27-34-22-13-17(18-14-32-24(33-15-18)28(2,3)40)12-20(23(22)41-27)21-7-6-19(16-31-21)36-10-8-29(4,9-11-36)25(37)38;1-2-26-23(32)31-24-30-20-13-16(12-18(21(20)34-24)19-8-4-7-11-27-19)17-14-28-22(29-15-17)25(33)9-5-3-6-10-25;1-4-25-22(33)30-23-29-18-9-14(15-11-27-21(28-12-15)24(2,3)34)8-16(20(18)35-23)17-6-5-13(10-26-17)7-19(31)32/h6-7,12-16,40H,5,8-11H2,1-4H3,(H,37,38)(H2,30,34,35,39);4,7-8,11-15,33H,2-3,5-6,9-10H2,1H3,(H2,26,30,31,32);5-6,8-12,34H,4,7H2,1-3H3,(H,31,32)(H2,25,29,30,33). The third-order valence-corrected chi connectivity index (χ3v) is 21.5. The van der Waals surface area contributed by atoms with Crippen LogP contribution >= 0.6 is 34.0 Å². The van der Waals surface area contributed by atoms with Crippen LogP contribution in [0.15, 0.2) is 135 Å². The number of benzene rings is 3. The van der Waals surface area contributed by atoms with Crippen LogP contribution in [0.1, 0.15) is 123 Å². The molecular formula is C78H83N19O10S3. The van der Waals surface area contributed by atoms with Crippen LogP contribution in [0.4, 0.5) is 35.5 Å². The Hall–Kier alpha value is -11.6. The fourth-order valence-electron chi connectivity index (χ4n) is 12.5. The zero-order valence-corrected chi connectivity index (χ0v) is 64.2. The molecule has 1 saturated heterocycles. The molecule has 6 amide bonds. The van der Waals surface area contributed by atoms with E-state index in [-0.39, 0.29) is 24.5 Å². The predicted octanol–water partition coefficient (Wildman–Crippen LogP) is 13.8. The van der Waals surface area contributed by atoms with Gasteiger partial charge in [-0.05, 0) is 170 Å². The van der Waals surface area contributed by atoms with Crippen molar-refractivity contribution in [2.24, 2.45) is 5.41 Å². The first-order chi connectivity index (χ1) is 52.7. The average molecular weight is 1540 g/mol. The van der Waals surface area contributed by atoms with E-state index < -0.39 is 34.2 Å². The summed E-state index contributed by atoms with van der Waals surface area (Å²) >= 11 is 4.09. The average Bonchev–Trinajstić information content (AvgIpc) is 1.57. The predicted molar refractivity (Wildman–Crippen MR) is 426 cm³/mol. The Balaban J connectivity index is 0.000000154. The Kier molecular flexibility index (Phi) is 23.8. The molecule has 568 valence electrons. The minimum absolute atomic E-state index is 0.116. The number of anilines is 4. The number of nitrogens with zero attached hydrogens (tertiary/aromatic N) is 13. The summed E-state index contributed by atoms with van der Waals surface area (Å²) in [5, 5.41) is 67.8. The lowest BCUT2D eigenvalue weighted by atomic mass is 9.80. The van der Waals surface area contributed by atoms with Gasteiger partial charge in [-0.1, -0.05) is 65.4 Å². The van der Waals surface area contributed by atoms with Crippen LogP contribution in [-0.2, 0) is 32.8 Å². The summed E-state index contributed by atoms with van der Waals surface area (Å²) in [4.78, 5) is 115. The van der Waals surface area contributed by atoms with Crippen molar-refractivity contribution >= 4 is 116 Å². The van der Waals surface area contributed by atoms with Crippen molar-refractivity contribution in [3.8, 4) is 67.2 Å². The van der Waals surface area contributed by atoms with E-state index in [0.29, 0.717) is 114 Å². The maximum atomic E-state index is 12.2. The maximum Gasteiger partial charge on any atom is 0.321 e. The second-order valence-corrected chi connectivity index (χ2v) is 30.8. The lowest BCUT2D eigenvalue weighted by molar-refractivity contribution is -0.149. The van der Waals surface area contributed by atoms with Crippen molar-refractivity contribution in [2.75, 3.05) is 53.6 Å². The van der Waals surface area contributed by atoms with Gasteiger partial charge in [-0.25, -0.2) is 59.2 Å². The summed E-state index contributed by atoms with van der Waals surface area (Å²) in [5.74, 6) is -0.560. The number of carboxylic acid groups (broad SMARTS) is 2. The van der Waals surface area contributed by atoms with Gasteiger partial charge in [-0.3, -0.25) is 40.5 Å². The molecule has 110 heavy (non-hydrogen) atoms. The zero-order valence-electron chi connectivity index (χ0n) is 61.7. The summed E-state index contributed by atoms with van der Waals surface area (Å²) in [6.45, 7) is 16.6.